The fourth-order valence-corrected chi connectivity index (χ4v) is 1.67. The van der Waals surface area contributed by atoms with E-state index in [-0.39, 0.29) is 0 Å². The van der Waals surface area contributed by atoms with Gasteiger partial charge in [0, 0.05) is 0 Å². The Hall–Kier alpha value is -0.860. The maximum atomic E-state index is 9.92. The normalized spacial score (nSPS) is 21.2. The molecular formula is C11H14O2. The second-order valence-electron chi connectivity index (χ2n) is 3.79. The Kier molecular flexibility index (Phi) is 1.90. The van der Waals surface area contributed by atoms with Crippen LogP contribution in [-0.2, 0) is 5.60 Å². The fourth-order valence-electron chi connectivity index (χ4n) is 1.67. The molecule has 2 nitrogen and oxygen atoms in total. The van der Waals surface area contributed by atoms with Crippen molar-refractivity contribution in [1.29, 1.82) is 0 Å². The first-order valence-electron chi connectivity index (χ1n) is 4.63. The van der Waals surface area contributed by atoms with Crippen LogP contribution in [0.15, 0.2) is 24.3 Å². The topological polar surface area (TPSA) is 40.5 Å². The van der Waals surface area contributed by atoms with E-state index in [1.165, 1.54) is 0 Å². The lowest BCUT2D eigenvalue weighted by molar-refractivity contribution is 0.141. The molecule has 1 atom stereocenters. The number of aliphatic hydroxyl groups is 2. The van der Waals surface area contributed by atoms with E-state index < -0.39 is 11.7 Å². The summed E-state index contributed by atoms with van der Waals surface area (Å²) >= 11 is 0. The molecule has 1 saturated carbocycles. The molecule has 1 fully saturated rings. The third-order valence-corrected chi connectivity index (χ3v) is 2.64. The van der Waals surface area contributed by atoms with Crippen LogP contribution < -0.4 is 0 Å². The van der Waals surface area contributed by atoms with E-state index in [4.69, 9.17) is 0 Å². The lowest BCUT2D eigenvalue weighted by Gasteiger charge is -2.15. The van der Waals surface area contributed by atoms with Gasteiger partial charge in [0.1, 0.15) is 0 Å². The van der Waals surface area contributed by atoms with Crippen molar-refractivity contribution in [2.45, 2.75) is 31.5 Å². The summed E-state index contributed by atoms with van der Waals surface area (Å²) in [7, 11) is 0. The van der Waals surface area contributed by atoms with Crippen LogP contribution in [0.25, 0.3) is 0 Å². The monoisotopic (exact) mass is 178 g/mol. The van der Waals surface area contributed by atoms with Crippen molar-refractivity contribution < 1.29 is 10.2 Å². The molecule has 0 bridgehead atoms. The minimum absolute atomic E-state index is 0.499. The van der Waals surface area contributed by atoms with Crippen molar-refractivity contribution in [3.8, 4) is 0 Å². The summed E-state index contributed by atoms with van der Waals surface area (Å²) in [6.07, 6.45) is 1.13. The van der Waals surface area contributed by atoms with Gasteiger partial charge in [-0.2, -0.15) is 0 Å². The summed E-state index contributed by atoms with van der Waals surface area (Å²) in [5, 5.41) is 19.4. The van der Waals surface area contributed by atoms with Crippen molar-refractivity contribution in [3.05, 3.63) is 35.4 Å². The molecule has 0 aliphatic heterocycles. The highest BCUT2D eigenvalue weighted by atomic mass is 16.3. The van der Waals surface area contributed by atoms with E-state index in [0.717, 1.165) is 24.0 Å². The number of aliphatic hydroxyl groups excluding tert-OH is 1. The fraction of sp³-hybridized carbons (Fsp3) is 0.455. The van der Waals surface area contributed by atoms with Crippen LogP contribution in [0, 0.1) is 0 Å². The Morgan fingerprint density at radius 1 is 1.31 bits per heavy atom. The van der Waals surface area contributed by atoms with E-state index in [9.17, 15) is 10.2 Å². The molecule has 0 spiro atoms. The number of hydrogen-bond acceptors (Lipinski definition) is 2. The second-order valence-corrected chi connectivity index (χ2v) is 3.79. The van der Waals surface area contributed by atoms with Gasteiger partial charge in [0.05, 0.1) is 11.7 Å². The molecule has 70 valence electrons. The summed E-state index contributed by atoms with van der Waals surface area (Å²) in [4.78, 5) is 0. The first-order chi connectivity index (χ1) is 6.13. The summed E-state index contributed by atoms with van der Waals surface area (Å²) in [6, 6.07) is 7.56. The molecule has 0 heterocycles. The predicted octanol–water partition coefficient (Wildman–Crippen LogP) is 1.72. The van der Waals surface area contributed by atoms with Crippen LogP contribution in [-0.4, -0.2) is 10.2 Å². The summed E-state index contributed by atoms with van der Waals surface area (Å²) < 4.78 is 0. The summed E-state index contributed by atoms with van der Waals surface area (Å²) in [5.41, 5.74) is 1.10. The van der Waals surface area contributed by atoms with Crippen LogP contribution in [0.4, 0.5) is 0 Å². The molecule has 2 heteroatoms. The molecule has 1 aromatic carbocycles. The summed E-state index contributed by atoms with van der Waals surface area (Å²) in [5.74, 6) is 0. The molecule has 1 aliphatic rings. The minimum atomic E-state index is -0.645. The van der Waals surface area contributed by atoms with Gasteiger partial charge in [0.15, 0.2) is 0 Å². The Morgan fingerprint density at radius 3 is 2.46 bits per heavy atom. The zero-order valence-electron chi connectivity index (χ0n) is 7.70. The van der Waals surface area contributed by atoms with Crippen molar-refractivity contribution in [1.82, 2.24) is 0 Å². The molecule has 1 aromatic rings. The van der Waals surface area contributed by atoms with E-state index in [2.05, 4.69) is 0 Å². The first-order valence-corrected chi connectivity index (χ1v) is 4.63. The van der Waals surface area contributed by atoms with Gasteiger partial charge in [0.2, 0.25) is 0 Å². The van der Waals surface area contributed by atoms with Crippen LogP contribution in [0.2, 0.25) is 0 Å². The summed E-state index contributed by atoms with van der Waals surface area (Å²) in [6.45, 7) is 1.73. The van der Waals surface area contributed by atoms with Crippen LogP contribution in [0.1, 0.15) is 37.0 Å². The largest absolute Gasteiger partial charge is 0.389 e. The lowest BCUT2D eigenvalue weighted by atomic mass is 9.97. The third kappa shape index (κ3) is 1.47. The van der Waals surface area contributed by atoms with Crippen molar-refractivity contribution >= 4 is 0 Å². The van der Waals surface area contributed by atoms with Crippen molar-refractivity contribution in [2.75, 3.05) is 0 Å². The average Bonchev–Trinajstić information content (AvgIpc) is 2.85. The molecule has 0 radical (unpaired) electrons. The van der Waals surface area contributed by atoms with Crippen molar-refractivity contribution in [3.63, 3.8) is 0 Å². The Balaban J connectivity index is 2.44. The van der Waals surface area contributed by atoms with Gasteiger partial charge in [0.25, 0.3) is 0 Å². The molecule has 1 unspecified atom stereocenters. The van der Waals surface area contributed by atoms with Crippen LogP contribution in [0.3, 0.4) is 0 Å². The SMILES string of the molecule is CC(O)c1ccccc1C1(O)CC1. The first kappa shape index (κ1) is 8.73. The molecular weight excluding hydrogens is 164 g/mol. The maximum Gasteiger partial charge on any atom is 0.0902 e. The number of benzene rings is 1. The quantitative estimate of drug-likeness (QED) is 0.724. The molecule has 1 aliphatic carbocycles. The van der Waals surface area contributed by atoms with Crippen molar-refractivity contribution in [2.24, 2.45) is 0 Å². The number of rotatable bonds is 2. The van der Waals surface area contributed by atoms with E-state index in [1.54, 1.807) is 6.92 Å². The lowest BCUT2D eigenvalue weighted by Crippen LogP contribution is -2.09. The van der Waals surface area contributed by atoms with Gasteiger partial charge >= 0.3 is 0 Å². The zero-order valence-corrected chi connectivity index (χ0v) is 7.70. The van der Waals surface area contributed by atoms with Gasteiger partial charge in [-0.25, -0.2) is 0 Å². The molecule has 0 aromatic heterocycles. The van der Waals surface area contributed by atoms with Gasteiger partial charge in [-0.15, -0.1) is 0 Å². The maximum absolute atomic E-state index is 9.92. The Morgan fingerprint density at radius 2 is 1.92 bits per heavy atom. The van der Waals surface area contributed by atoms with Gasteiger partial charge in [-0.3, -0.25) is 0 Å². The minimum Gasteiger partial charge on any atom is -0.389 e. The third-order valence-electron chi connectivity index (χ3n) is 2.64. The van der Waals surface area contributed by atoms with Crippen LogP contribution >= 0.6 is 0 Å². The highest BCUT2D eigenvalue weighted by Gasteiger charge is 2.43. The molecule has 0 amide bonds. The standard InChI is InChI=1S/C11H14O2/c1-8(12)9-4-2-3-5-10(9)11(13)6-7-11/h2-5,8,12-13H,6-7H2,1H3. The number of hydrogen-bond donors (Lipinski definition) is 2. The second kappa shape index (κ2) is 2.82. The molecule has 2 N–H and O–H groups in total. The smallest absolute Gasteiger partial charge is 0.0902 e. The predicted molar refractivity (Wildman–Crippen MR) is 50.2 cm³/mol. The Labute approximate surface area is 77.8 Å². The Bertz CT molecular complexity index is 314. The molecule has 2 rings (SSSR count). The molecule has 13 heavy (non-hydrogen) atoms. The van der Waals surface area contributed by atoms with Gasteiger partial charge < -0.3 is 10.2 Å². The van der Waals surface area contributed by atoms with E-state index in [0.29, 0.717) is 0 Å². The molecule has 0 saturated heterocycles. The average molecular weight is 178 g/mol. The zero-order chi connectivity index (χ0) is 9.47. The highest BCUT2D eigenvalue weighted by Crippen LogP contribution is 2.47. The van der Waals surface area contributed by atoms with Gasteiger partial charge in [-0.1, -0.05) is 24.3 Å². The van der Waals surface area contributed by atoms with Gasteiger partial charge in [-0.05, 0) is 30.9 Å². The van der Waals surface area contributed by atoms with Crippen LogP contribution in [0.5, 0.6) is 0 Å². The van der Waals surface area contributed by atoms with E-state index >= 15 is 0 Å². The van der Waals surface area contributed by atoms with E-state index in [1.807, 2.05) is 24.3 Å². The highest BCUT2D eigenvalue weighted by molar-refractivity contribution is 5.36.